The molecule has 0 aromatic heterocycles. The van der Waals surface area contributed by atoms with Crippen molar-refractivity contribution in [3.05, 3.63) is 0 Å². The first kappa shape index (κ1) is 15.3. The monoisotopic (exact) mass is 268 g/mol. The molecule has 2 rings (SSSR count). The van der Waals surface area contributed by atoms with Gasteiger partial charge in [-0.1, -0.05) is 20.8 Å². The first-order valence-corrected chi connectivity index (χ1v) is 8.13. The van der Waals surface area contributed by atoms with Crippen LogP contribution in [-0.2, 0) is 0 Å². The summed E-state index contributed by atoms with van der Waals surface area (Å²) in [5, 5.41) is 10.2. The van der Waals surface area contributed by atoms with Crippen molar-refractivity contribution in [3.63, 3.8) is 0 Å². The lowest BCUT2D eigenvalue weighted by Gasteiger charge is -2.42. The number of hydrogen-bond acceptors (Lipinski definition) is 3. The summed E-state index contributed by atoms with van der Waals surface area (Å²) in [4.78, 5) is 4.95. The van der Waals surface area contributed by atoms with Crippen LogP contribution in [0.1, 0.15) is 53.4 Å². The topological polar surface area (TPSA) is 26.7 Å². The summed E-state index contributed by atoms with van der Waals surface area (Å²) in [7, 11) is 0. The standard InChI is InChI=1S/C16H32N2O/c1-5-14(4)17-9-6-16(7-10-17)8-11-18(12-16)15(19)13(2)3/h13-15,19H,5-12H2,1-4H3. The molecule has 2 aliphatic rings. The number of aliphatic hydroxyl groups excluding tert-OH is 1. The van der Waals surface area contributed by atoms with E-state index in [0.717, 1.165) is 19.1 Å². The molecule has 3 heteroatoms. The van der Waals surface area contributed by atoms with Gasteiger partial charge in [-0.2, -0.15) is 0 Å². The van der Waals surface area contributed by atoms with Crippen molar-refractivity contribution < 1.29 is 5.11 Å². The second-order valence-electron chi connectivity index (χ2n) is 7.17. The molecule has 2 unspecified atom stereocenters. The summed E-state index contributed by atoms with van der Waals surface area (Å²) in [5.74, 6) is 0.343. The molecular formula is C16H32N2O. The predicted octanol–water partition coefficient (Wildman–Crippen LogP) is 2.55. The van der Waals surface area contributed by atoms with Crippen molar-refractivity contribution in [2.75, 3.05) is 26.2 Å². The van der Waals surface area contributed by atoms with E-state index in [2.05, 4.69) is 37.5 Å². The van der Waals surface area contributed by atoms with Crippen LogP contribution >= 0.6 is 0 Å². The van der Waals surface area contributed by atoms with Gasteiger partial charge in [0.15, 0.2) is 0 Å². The molecule has 1 N–H and O–H groups in total. The fraction of sp³-hybridized carbons (Fsp3) is 1.00. The molecule has 0 aromatic rings. The lowest BCUT2D eigenvalue weighted by atomic mass is 9.77. The normalized spacial score (nSPS) is 28.1. The number of rotatable bonds is 4. The summed E-state index contributed by atoms with van der Waals surface area (Å²) in [6.45, 7) is 13.6. The number of likely N-dealkylation sites (tertiary alicyclic amines) is 2. The van der Waals surface area contributed by atoms with Crippen LogP contribution in [0.15, 0.2) is 0 Å². The van der Waals surface area contributed by atoms with E-state index in [1.54, 1.807) is 0 Å². The van der Waals surface area contributed by atoms with Gasteiger partial charge >= 0.3 is 0 Å². The van der Waals surface area contributed by atoms with Gasteiger partial charge in [0.05, 0.1) is 0 Å². The third-order valence-electron chi connectivity index (χ3n) is 5.51. The van der Waals surface area contributed by atoms with E-state index in [-0.39, 0.29) is 6.23 Å². The number of nitrogens with zero attached hydrogens (tertiary/aromatic N) is 2. The van der Waals surface area contributed by atoms with E-state index in [9.17, 15) is 5.11 Å². The SMILES string of the molecule is CCC(C)N1CCC2(CC1)CCN(C(O)C(C)C)C2. The highest BCUT2D eigenvalue weighted by Crippen LogP contribution is 2.41. The second-order valence-corrected chi connectivity index (χ2v) is 7.17. The summed E-state index contributed by atoms with van der Waals surface area (Å²) in [5.41, 5.74) is 0.500. The molecule has 112 valence electrons. The highest BCUT2D eigenvalue weighted by atomic mass is 16.3. The molecule has 1 spiro atoms. The number of piperidine rings is 1. The molecule has 0 aliphatic carbocycles. The van der Waals surface area contributed by atoms with Crippen LogP contribution in [0.3, 0.4) is 0 Å². The average molecular weight is 268 g/mol. The summed E-state index contributed by atoms with van der Waals surface area (Å²) >= 11 is 0. The Labute approximate surface area is 119 Å². The van der Waals surface area contributed by atoms with Crippen LogP contribution in [0.5, 0.6) is 0 Å². The Bertz CT molecular complexity index is 284. The Balaban J connectivity index is 1.87. The summed E-state index contributed by atoms with van der Waals surface area (Å²) in [6, 6.07) is 0.733. The largest absolute Gasteiger partial charge is 0.378 e. The zero-order valence-corrected chi connectivity index (χ0v) is 13.2. The first-order valence-electron chi connectivity index (χ1n) is 8.13. The average Bonchev–Trinajstić information content (AvgIpc) is 2.81. The van der Waals surface area contributed by atoms with Gasteiger partial charge in [-0.15, -0.1) is 0 Å². The second kappa shape index (κ2) is 6.11. The van der Waals surface area contributed by atoms with Gasteiger partial charge in [-0.25, -0.2) is 0 Å². The fourth-order valence-corrected chi connectivity index (χ4v) is 3.72. The van der Waals surface area contributed by atoms with Crippen LogP contribution in [0.4, 0.5) is 0 Å². The van der Waals surface area contributed by atoms with Gasteiger partial charge in [0.25, 0.3) is 0 Å². The molecule has 0 radical (unpaired) electrons. The molecule has 2 aliphatic heterocycles. The molecule has 0 aromatic carbocycles. The fourth-order valence-electron chi connectivity index (χ4n) is 3.72. The lowest BCUT2D eigenvalue weighted by molar-refractivity contribution is -0.0271. The molecule has 0 amide bonds. The minimum Gasteiger partial charge on any atom is -0.378 e. The molecule has 19 heavy (non-hydrogen) atoms. The Morgan fingerprint density at radius 2 is 1.53 bits per heavy atom. The van der Waals surface area contributed by atoms with E-state index in [0.29, 0.717) is 11.3 Å². The van der Waals surface area contributed by atoms with Crippen LogP contribution in [0.25, 0.3) is 0 Å². The van der Waals surface area contributed by atoms with Gasteiger partial charge < -0.3 is 10.0 Å². The smallest absolute Gasteiger partial charge is 0.109 e. The molecule has 2 heterocycles. The Morgan fingerprint density at radius 1 is 1.00 bits per heavy atom. The zero-order chi connectivity index (χ0) is 14.0. The molecule has 2 atom stereocenters. The molecule has 0 saturated carbocycles. The van der Waals surface area contributed by atoms with E-state index in [1.165, 1.54) is 38.8 Å². The molecule has 3 nitrogen and oxygen atoms in total. The number of hydrogen-bond donors (Lipinski definition) is 1. The van der Waals surface area contributed by atoms with E-state index >= 15 is 0 Å². The van der Waals surface area contributed by atoms with Crippen molar-refractivity contribution in [2.24, 2.45) is 11.3 Å². The van der Waals surface area contributed by atoms with Crippen LogP contribution in [0, 0.1) is 11.3 Å². The van der Waals surface area contributed by atoms with Crippen LogP contribution < -0.4 is 0 Å². The highest BCUT2D eigenvalue weighted by molar-refractivity contribution is 4.95. The van der Waals surface area contributed by atoms with E-state index in [4.69, 9.17) is 0 Å². The number of aliphatic hydroxyl groups is 1. The first-order chi connectivity index (χ1) is 8.97. The third kappa shape index (κ3) is 3.32. The quantitative estimate of drug-likeness (QED) is 0.849. The molecule has 2 saturated heterocycles. The Hall–Kier alpha value is -0.120. The van der Waals surface area contributed by atoms with Crippen molar-refractivity contribution >= 4 is 0 Å². The van der Waals surface area contributed by atoms with Crippen molar-refractivity contribution in [1.82, 2.24) is 9.80 Å². The van der Waals surface area contributed by atoms with Crippen molar-refractivity contribution in [2.45, 2.75) is 65.6 Å². The van der Waals surface area contributed by atoms with Crippen LogP contribution in [0.2, 0.25) is 0 Å². The maximum absolute atomic E-state index is 10.2. The van der Waals surface area contributed by atoms with Gasteiger partial charge in [-0.3, -0.25) is 4.90 Å². The lowest BCUT2D eigenvalue weighted by Crippen LogP contribution is -2.46. The van der Waals surface area contributed by atoms with Gasteiger partial charge in [0, 0.05) is 19.1 Å². The Morgan fingerprint density at radius 3 is 2.00 bits per heavy atom. The third-order valence-corrected chi connectivity index (χ3v) is 5.51. The summed E-state index contributed by atoms with van der Waals surface area (Å²) < 4.78 is 0. The molecule has 2 fully saturated rings. The van der Waals surface area contributed by atoms with E-state index in [1.807, 2.05) is 0 Å². The van der Waals surface area contributed by atoms with Gasteiger partial charge in [-0.05, 0) is 57.0 Å². The van der Waals surface area contributed by atoms with Crippen molar-refractivity contribution in [3.8, 4) is 0 Å². The molecule has 0 bridgehead atoms. The minimum absolute atomic E-state index is 0.244. The van der Waals surface area contributed by atoms with E-state index < -0.39 is 0 Å². The van der Waals surface area contributed by atoms with Gasteiger partial charge in [0.2, 0.25) is 0 Å². The van der Waals surface area contributed by atoms with Crippen LogP contribution in [-0.4, -0.2) is 53.4 Å². The maximum Gasteiger partial charge on any atom is 0.109 e. The zero-order valence-electron chi connectivity index (χ0n) is 13.2. The molecular weight excluding hydrogens is 236 g/mol. The minimum atomic E-state index is -0.244. The maximum atomic E-state index is 10.2. The highest BCUT2D eigenvalue weighted by Gasteiger charge is 2.42. The van der Waals surface area contributed by atoms with Crippen molar-refractivity contribution in [1.29, 1.82) is 0 Å². The van der Waals surface area contributed by atoms with Gasteiger partial charge in [0.1, 0.15) is 6.23 Å². The predicted molar refractivity (Wildman–Crippen MR) is 80.0 cm³/mol. The summed E-state index contributed by atoms with van der Waals surface area (Å²) in [6.07, 6.45) is 4.93. The Kier molecular flexibility index (Phi) is 4.91.